The van der Waals surface area contributed by atoms with E-state index in [0.717, 1.165) is 37.8 Å². The van der Waals surface area contributed by atoms with Crippen molar-refractivity contribution in [1.82, 2.24) is 10.0 Å². The van der Waals surface area contributed by atoms with Crippen LogP contribution in [-0.2, 0) is 24.4 Å². The van der Waals surface area contributed by atoms with Crippen molar-refractivity contribution in [2.24, 2.45) is 11.5 Å². The Labute approximate surface area is 249 Å². The third-order valence-corrected chi connectivity index (χ3v) is 6.91. The molecule has 16 nitrogen and oxygen atoms in total. The van der Waals surface area contributed by atoms with E-state index in [4.69, 9.17) is 32.5 Å². The standard InChI is InChI=1S/C9H11NO4S.C6H6N2O2.C6H14N2O2.C5H9NO2/c1-7-2-4-8(5-3-7)15(13,14)10-6-9(11)12;7-5-1-3-6(4-2-5)8(9)10;7-4-2-1-3-5(8)6(9)10;7-5(8)4-2-1-3-6-4/h2-5,10H,6H2,1H3,(H,11,12);1-4H,7H2;5H,1-4,7-8H2,(H,9,10);4,6H,1-3H2,(H,7,8)/t;;;4-/m...0/s1. The number of carbonyl (C=O) groups is 3. The molecule has 11 N–H and O–H groups in total. The number of nitrogens with zero attached hydrogens (tertiary/aromatic N) is 1. The number of carboxylic acids is 3. The molecule has 1 heterocycles. The van der Waals surface area contributed by atoms with E-state index in [2.05, 4.69) is 5.32 Å². The Morgan fingerprint density at radius 1 is 1.07 bits per heavy atom. The highest BCUT2D eigenvalue weighted by atomic mass is 32.2. The number of anilines is 1. The van der Waals surface area contributed by atoms with Gasteiger partial charge < -0.3 is 37.8 Å². The number of hydrogen-bond acceptors (Lipinski definition) is 11. The highest BCUT2D eigenvalue weighted by molar-refractivity contribution is 7.89. The average molecular weight is 629 g/mol. The number of nitrogens with two attached hydrogens (primary N) is 3. The number of aliphatic carboxylic acids is 3. The number of nitro benzene ring substituents is 1. The van der Waals surface area contributed by atoms with Crippen LogP contribution in [0.1, 0.15) is 37.7 Å². The summed E-state index contributed by atoms with van der Waals surface area (Å²) in [5.74, 6) is -2.87. The molecule has 0 aromatic heterocycles. The number of nitrogens with one attached hydrogen (secondary N) is 2. The van der Waals surface area contributed by atoms with Gasteiger partial charge in [0.25, 0.3) is 5.69 Å². The molecule has 1 saturated heterocycles. The lowest BCUT2D eigenvalue weighted by atomic mass is 10.1. The number of rotatable bonds is 11. The molecule has 0 aliphatic carbocycles. The van der Waals surface area contributed by atoms with Crippen LogP contribution in [-0.4, -0.2) is 78.3 Å². The molecule has 0 spiro atoms. The van der Waals surface area contributed by atoms with Crippen LogP contribution in [0.25, 0.3) is 0 Å². The van der Waals surface area contributed by atoms with E-state index in [1.807, 2.05) is 11.6 Å². The predicted molar refractivity (Wildman–Crippen MR) is 159 cm³/mol. The van der Waals surface area contributed by atoms with Gasteiger partial charge in [0, 0.05) is 17.8 Å². The first-order chi connectivity index (χ1) is 20.1. The van der Waals surface area contributed by atoms with Gasteiger partial charge in [-0.05, 0) is 70.0 Å². The van der Waals surface area contributed by atoms with Crippen LogP contribution in [0.5, 0.6) is 0 Å². The normalized spacial score (nSPS) is 14.3. The number of benzene rings is 2. The summed E-state index contributed by atoms with van der Waals surface area (Å²) in [7, 11) is -3.70. The first-order valence-electron chi connectivity index (χ1n) is 13.0. The van der Waals surface area contributed by atoms with Crippen LogP contribution >= 0.6 is 0 Å². The highest BCUT2D eigenvalue weighted by Gasteiger charge is 2.20. The third kappa shape index (κ3) is 18.1. The summed E-state index contributed by atoms with van der Waals surface area (Å²) in [6.45, 7) is 2.68. The largest absolute Gasteiger partial charge is 0.480 e. The highest BCUT2D eigenvalue weighted by Crippen LogP contribution is 2.12. The first-order valence-corrected chi connectivity index (χ1v) is 14.5. The van der Waals surface area contributed by atoms with Crippen molar-refractivity contribution >= 4 is 39.3 Å². The molecule has 17 heteroatoms. The fourth-order valence-electron chi connectivity index (χ4n) is 3.08. The van der Waals surface area contributed by atoms with Gasteiger partial charge in [0.1, 0.15) is 18.6 Å². The Balaban J connectivity index is 0.000000563. The van der Waals surface area contributed by atoms with Crippen molar-refractivity contribution in [2.45, 2.75) is 56.0 Å². The van der Waals surface area contributed by atoms with Crippen molar-refractivity contribution in [3.8, 4) is 0 Å². The fraction of sp³-hybridized carbons (Fsp3) is 0.423. The van der Waals surface area contributed by atoms with E-state index in [1.54, 1.807) is 12.1 Å². The molecule has 0 amide bonds. The maximum Gasteiger partial charge on any atom is 0.320 e. The second-order valence-corrected chi connectivity index (χ2v) is 10.9. The smallest absolute Gasteiger partial charge is 0.320 e. The molecule has 1 aliphatic heterocycles. The van der Waals surface area contributed by atoms with Gasteiger partial charge in [0.15, 0.2) is 0 Å². The van der Waals surface area contributed by atoms with Gasteiger partial charge in [-0.2, -0.15) is 4.72 Å². The molecule has 0 saturated carbocycles. The number of nitrogen functional groups attached to an aromatic ring is 1. The minimum atomic E-state index is -3.70. The SMILES string of the molecule is Cc1ccc(S(=O)(=O)NCC(=O)O)cc1.NCCCCC(N)C(=O)O.Nc1ccc([N+](=O)[O-])cc1.O=C(O)[C@@H]1CCCN1. The number of aryl methyl sites for hydroxylation is 1. The molecule has 240 valence electrons. The minimum Gasteiger partial charge on any atom is -0.480 e. The van der Waals surface area contributed by atoms with Crippen molar-refractivity contribution in [2.75, 3.05) is 25.4 Å². The topological polar surface area (TPSA) is 291 Å². The van der Waals surface area contributed by atoms with Crippen molar-refractivity contribution in [3.05, 3.63) is 64.2 Å². The molecule has 3 rings (SSSR count). The summed E-state index contributed by atoms with van der Waals surface area (Å²) >= 11 is 0. The van der Waals surface area contributed by atoms with Crippen molar-refractivity contribution in [3.63, 3.8) is 0 Å². The van der Waals surface area contributed by atoms with Gasteiger partial charge in [-0.1, -0.05) is 24.1 Å². The second-order valence-electron chi connectivity index (χ2n) is 9.10. The van der Waals surface area contributed by atoms with Crippen LogP contribution in [0.15, 0.2) is 53.4 Å². The Morgan fingerprint density at radius 2 is 1.65 bits per heavy atom. The molecule has 1 unspecified atom stereocenters. The zero-order valence-corrected chi connectivity index (χ0v) is 24.5. The van der Waals surface area contributed by atoms with Crippen LogP contribution in [0.2, 0.25) is 0 Å². The Morgan fingerprint density at radius 3 is 2.05 bits per heavy atom. The van der Waals surface area contributed by atoms with E-state index >= 15 is 0 Å². The Bertz CT molecular complexity index is 1250. The summed E-state index contributed by atoms with van der Waals surface area (Å²) in [5, 5.41) is 38.0. The Hall–Kier alpha value is -4.16. The lowest BCUT2D eigenvalue weighted by molar-refractivity contribution is -0.384. The molecule has 43 heavy (non-hydrogen) atoms. The summed E-state index contributed by atoms with van der Waals surface area (Å²) in [6, 6.07) is 10.9. The van der Waals surface area contributed by atoms with Crippen LogP contribution in [0.4, 0.5) is 11.4 Å². The van der Waals surface area contributed by atoms with Gasteiger partial charge >= 0.3 is 17.9 Å². The quantitative estimate of drug-likeness (QED) is 0.0742. The average Bonchev–Trinajstić information content (AvgIpc) is 3.49. The van der Waals surface area contributed by atoms with Gasteiger partial charge in [-0.3, -0.25) is 24.5 Å². The summed E-state index contributed by atoms with van der Waals surface area (Å²) in [5.41, 5.74) is 17.3. The fourth-order valence-corrected chi connectivity index (χ4v) is 4.06. The summed E-state index contributed by atoms with van der Waals surface area (Å²) < 4.78 is 24.9. The molecule has 2 aromatic rings. The van der Waals surface area contributed by atoms with E-state index < -0.39 is 45.4 Å². The molecule has 2 aromatic carbocycles. The second kappa shape index (κ2) is 20.7. The van der Waals surface area contributed by atoms with Crippen molar-refractivity contribution in [1.29, 1.82) is 0 Å². The lowest BCUT2D eigenvalue weighted by Gasteiger charge is -2.04. The maximum absolute atomic E-state index is 11.5. The molecular formula is C26H40N6O10S. The molecular weight excluding hydrogens is 588 g/mol. The maximum atomic E-state index is 11.5. The number of sulfonamides is 1. The number of carboxylic acid groups (broad SMARTS) is 3. The van der Waals surface area contributed by atoms with E-state index in [9.17, 15) is 32.9 Å². The Kier molecular flexibility index (Phi) is 18.7. The van der Waals surface area contributed by atoms with Gasteiger partial charge in [0.05, 0.1) is 9.82 Å². The first kappa shape index (κ1) is 38.8. The molecule has 0 radical (unpaired) electrons. The van der Waals surface area contributed by atoms with Gasteiger partial charge in [-0.25, -0.2) is 8.42 Å². The third-order valence-electron chi connectivity index (χ3n) is 5.49. The summed E-state index contributed by atoms with van der Waals surface area (Å²) in [6.07, 6.45) is 3.95. The zero-order chi connectivity index (χ0) is 33.0. The van der Waals surface area contributed by atoms with Gasteiger partial charge in [-0.15, -0.1) is 0 Å². The van der Waals surface area contributed by atoms with E-state index in [1.165, 1.54) is 36.4 Å². The van der Waals surface area contributed by atoms with Crippen LogP contribution < -0.4 is 27.2 Å². The number of unbranched alkanes of at least 4 members (excludes halogenated alkanes) is 1. The van der Waals surface area contributed by atoms with Crippen LogP contribution in [0, 0.1) is 17.0 Å². The number of hydrogen-bond donors (Lipinski definition) is 8. The predicted octanol–water partition coefficient (Wildman–Crippen LogP) is 0.885. The van der Waals surface area contributed by atoms with Crippen molar-refractivity contribution < 1.29 is 43.0 Å². The molecule has 1 fully saturated rings. The molecule has 0 bridgehead atoms. The van der Waals surface area contributed by atoms with E-state index in [-0.39, 0.29) is 16.6 Å². The molecule has 2 atom stereocenters. The van der Waals surface area contributed by atoms with E-state index in [0.29, 0.717) is 18.7 Å². The van der Waals surface area contributed by atoms with Gasteiger partial charge in [0.2, 0.25) is 10.0 Å². The zero-order valence-electron chi connectivity index (χ0n) is 23.7. The summed E-state index contributed by atoms with van der Waals surface area (Å²) in [4.78, 5) is 40.2. The van der Waals surface area contributed by atoms with Crippen LogP contribution in [0.3, 0.4) is 0 Å². The number of non-ortho nitro benzene ring substituents is 1. The number of nitro groups is 1. The lowest BCUT2D eigenvalue weighted by Crippen LogP contribution is -2.29. The molecule has 1 aliphatic rings. The minimum absolute atomic E-state index is 0.0641. The monoisotopic (exact) mass is 628 g/mol.